The summed E-state index contributed by atoms with van der Waals surface area (Å²) in [7, 11) is 0. The minimum Gasteiger partial charge on any atom is -0.394 e. The molecule has 0 aliphatic carbocycles. The van der Waals surface area contributed by atoms with Gasteiger partial charge in [-0.25, -0.2) is 0 Å². The SMILES string of the molecule is C[C@]12O[C@H]1OC(CO)[C@H]2O. The van der Waals surface area contributed by atoms with Gasteiger partial charge in [-0.05, 0) is 6.92 Å². The quantitative estimate of drug-likeness (QED) is 0.459. The Kier molecular flexibility index (Phi) is 1.12. The second-order valence-corrected chi connectivity index (χ2v) is 2.94. The van der Waals surface area contributed by atoms with E-state index >= 15 is 0 Å². The van der Waals surface area contributed by atoms with Gasteiger partial charge in [0.1, 0.15) is 17.8 Å². The molecule has 0 spiro atoms. The van der Waals surface area contributed by atoms with Gasteiger partial charge in [-0.15, -0.1) is 0 Å². The number of hydrogen-bond donors (Lipinski definition) is 2. The molecule has 0 aromatic heterocycles. The van der Waals surface area contributed by atoms with Crippen LogP contribution in [0, 0.1) is 0 Å². The molecule has 2 aliphatic rings. The Bertz CT molecular complexity index is 160. The Hall–Kier alpha value is -0.160. The van der Waals surface area contributed by atoms with Gasteiger partial charge in [-0.3, -0.25) is 0 Å². The third kappa shape index (κ3) is 0.594. The molecule has 1 unspecified atom stereocenters. The first-order chi connectivity index (χ1) is 4.68. The summed E-state index contributed by atoms with van der Waals surface area (Å²) >= 11 is 0. The average molecular weight is 146 g/mol. The summed E-state index contributed by atoms with van der Waals surface area (Å²) < 4.78 is 10.1. The van der Waals surface area contributed by atoms with E-state index in [0.717, 1.165) is 0 Å². The molecule has 2 fully saturated rings. The highest BCUT2D eigenvalue weighted by Crippen LogP contribution is 2.48. The van der Waals surface area contributed by atoms with Crippen molar-refractivity contribution in [1.82, 2.24) is 0 Å². The summed E-state index contributed by atoms with van der Waals surface area (Å²) in [5.74, 6) is 0. The molecular formula is C6H10O4. The topological polar surface area (TPSA) is 62.2 Å². The Labute approximate surface area is 58.4 Å². The zero-order valence-electron chi connectivity index (χ0n) is 5.65. The summed E-state index contributed by atoms with van der Waals surface area (Å²) in [6.07, 6.45) is -1.43. The van der Waals surface area contributed by atoms with E-state index in [-0.39, 0.29) is 12.9 Å². The number of fused-ring (bicyclic) bond motifs is 1. The van der Waals surface area contributed by atoms with Crippen LogP contribution >= 0.6 is 0 Å². The molecule has 0 aromatic carbocycles. The molecule has 4 nitrogen and oxygen atoms in total. The molecule has 2 heterocycles. The van der Waals surface area contributed by atoms with Crippen LogP contribution in [-0.4, -0.2) is 40.9 Å². The van der Waals surface area contributed by atoms with Crippen molar-refractivity contribution in [2.24, 2.45) is 0 Å². The first-order valence-electron chi connectivity index (χ1n) is 3.30. The van der Waals surface area contributed by atoms with Crippen molar-refractivity contribution >= 4 is 0 Å². The number of ether oxygens (including phenoxy) is 2. The van der Waals surface area contributed by atoms with E-state index in [4.69, 9.17) is 14.6 Å². The van der Waals surface area contributed by atoms with Crippen LogP contribution in [0.15, 0.2) is 0 Å². The molecule has 0 bridgehead atoms. The molecule has 10 heavy (non-hydrogen) atoms. The van der Waals surface area contributed by atoms with Crippen molar-refractivity contribution in [2.75, 3.05) is 6.61 Å². The summed E-state index contributed by atoms with van der Waals surface area (Å²) in [4.78, 5) is 0. The van der Waals surface area contributed by atoms with Crippen molar-refractivity contribution in [3.63, 3.8) is 0 Å². The average Bonchev–Trinajstić information content (AvgIpc) is 2.51. The normalized spacial score (nSPS) is 58.5. The number of rotatable bonds is 1. The second kappa shape index (κ2) is 1.71. The standard InChI is InChI=1S/C6H10O4/c1-6-4(8)3(2-7)9-5(6)10-6/h3-5,7-8H,2H2,1H3/t3?,4-,5-,6-/m1/s1. The number of epoxide rings is 1. The minimum atomic E-state index is -0.678. The van der Waals surface area contributed by atoms with Gasteiger partial charge < -0.3 is 19.7 Å². The monoisotopic (exact) mass is 146 g/mol. The predicted octanol–water partition coefficient (Wildman–Crippen LogP) is -1.15. The Morgan fingerprint density at radius 1 is 1.60 bits per heavy atom. The van der Waals surface area contributed by atoms with Gasteiger partial charge in [0.2, 0.25) is 0 Å². The van der Waals surface area contributed by atoms with Crippen LogP contribution in [-0.2, 0) is 9.47 Å². The second-order valence-electron chi connectivity index (χ2n) is 2.94. The molecule has 4 heteroatoms. The molecule has 2 saturated heterocycles. The predicted molar refractivity (Wildman–Crippen MR) is 31.2 cm³/mol. The van der Waals surface area contributed by atoms with E-state index < -0.39 is 17.8 Å². The highest BCUT2D eigenvalue weighted by Gasteiger charge is 2.67. The van der Waals surface area contributed by atoms with E-state index in [1.807, 2.05) is 0 Å². The zero-order valence-corrected chi connectivity index (χ0v) is 5.65. The van der Waals surface area contributed by atoms with Crippen LogP contribution in [0.25, 0.3) is 0 Å². The molecule has 0 radical (unpaired) electrons. The van der Waals surface area contributed by atoms with Crippen molar-refractivity contribution in [3.8, 4) is 0 Å². The van der Waals surface area contributed by atoms with Crippen LogP contribution < -0.4 is 0 Å². The maximum absolute atomic E-state index is 9.35. The van der Waals surface area contributed by atoms with Gasteiger partial charge in [0.05, 0.1) is 6.61 Å². The van der Waals surface area contributed by atoms with E-state index in [9.17, 15) is 5.11 Å². The van der Waals surface area contributed by atoms with Gasteiger partial charge >= 0.3 is 0 Å². The molecule has 0 amide bonds. The highest BCUT2D eigenvalue weighted by molar-refractivity contribution is 5.08. The maximum atomic E-state index is 9.35. The molecule has 58 valence electrons. The smallest absolute Gasteiger partial charge is 0.190 e. The highest BCUT2D eigenvalue weighted by atomic mass is 16.8. The van der Waals surface area contributed by atoms with Crippen molar-refractivity contribution in [3.05, 3.63) is 0 Å². The molecular weight excluding hydrogens is 136 g/mol. The Balaban J connectivity index is 2.09. The van der Waals surface area contributed by atoms with E-state index in [1.165, 1.54) is 0 Å². The fourth-order valence-electron chi connectivity index (χ4n) is 1.31. The summed E-state index contributed by atoms with van der Waals surface area (Å²) in [5.41, 5.74) is -0.534. The molecule has 2 N–H and O–H groups in total. The molecule has 0 aromatic rings. The fraction of sp³-hybridized carbons (Fsp3) is 1.00. The molecule has 0 saturated carbocycles. The van der Waals surface area contributed by atoms with Gasteiger partial charge in [-0.2, -0.15) is 0 Å². The van der Waals surface area contributed by atoms with Crippen molar-refractivity contribution in [1.29, 1.82) is 0 Å². The summed E-state index contributed by atoms with van der Waals surface area (Å²) in [6, 6.07) is 0. The molecule has 4 atom stereocenters. The lowest BCUT2D eigenvalue weighted by atomic mass is 10.0. The lowest BCUT2D eigenvalue weighted by Gasteiger charge is -2.15. The van der Waals surface area contributed by atoms with Gasteiger partial charge in [0, 0.05) is 0 Å². The lowest BCUT2D eigenvalue weighted by molar-refractivity contribution is -0.0961. The zero-order chi connectivity index (χ0) is 7.35. The number of aliphatic hydroxyl groups is 2. The minimum absolute atomic E-state index is 0.142. The third-order valence-corrected chi connectivity index (χ3v) is 2.19. The van der Waals surface area contributed by atoms with E-state index in [2.05, 4.69) is 0 Å². The Morgan fingerprint density at radius 2 is 2.30 bits per heavy atom. The van der Waals surface area contributed by atoms with Crippen LogP contribution in [0.1, 0.15) is 6.92 Å². The number of hydrogen-bond acceptors (Lipinski definition) is 4. The van der Waals surface area contributed by atoms with Crippen LogP contribution in [0.2, 0.25) is 0 Å². The van der Waals surface area contributed by atoms with E-state index in [1.54, 1.807) is 6.92 Å². The van der Waals surface area contributed by atoms with Crippen LogP contribution in [0.5, 0.6) is 0 Å². The van der Waals surface area contributed by atoms with Crippen LogP contribution in [0.4, 0.5) is 0 Å². The van der Waals surface area contributed by atoms with Crippen LogP contribution in [0.3, 0.4) is 0 Å². The number of aliphatic hydroxyl groups excluding tert-OH is 2. The van der Waals surface area contributed by atoms with Gasteiger partial charge in [-0.1, -0.05) is 0 Å². The summed E-state index contributed by atoms with van der Waals surface area (Å²) in [6.45, 7) is 1.63. The summed E-state index contributed by atoms with van der Waals surface area (Å²) in [5, 5.41) is 18.0. The third-order valence-electron chi connectivity index (χ3n) is 2.19. The fourth-order valence-corrected chi connectivity index (χ4v) is 1.31. The first-order valence-corrected chi connectivity index (χ1v) is 3.30. The molecule has 2 rings (SSSR count). The van der Waals surface area contributed by atoms with E-state index in [0.29, 0.717) is 0 Å². The van der Waals surface area contributed by atoms with Gasteiger partial charge in [0.15, 0.2) is 6.29 Å². The first kappa shape index (κ1) is 6.54. The molecule has 2 aliphatic heterocycles. The van der Waals surface area contributed by atoms with Crippen molar-refractivity contribution in [2.45, 2.75) is 31.0 Å². The van der Waals surface area contributed by atoms with Gasteiger partial charge in [0.25, 0.3) is 0 Å². The Morgan fingerprint density at radius 3 is 2.60 bits per heavy atom. The largest absolute Gasteiger partial charge is 0.394 e. The van der Waals surface area contributed by atoms with Crippen molar-refractivity contribution < 1.29 is 19.7 Å². The lowest BCUT2D eigenvalue weighted by Crippen LogP contribution is -2.35. The maximum Gasteiger partial charge on any atom is 0.190 e.